The second-order valence-corrected chi connectivity index (χ2v) is 5.45. The molecule has 1 aliphatic rings. The number of carbonyl (C=O) groups excluding carboxylic acids is 1. The van der Waals surface area contributed by atoms with Crippen LogP contribution in [-0.4, -0.2) is 35.4 Å². The first-order valence-electron chi connectivity index (χ1n) is 5.42. The zero-order valence-corrected chi connectivity index (χ0v) is 11.8. The van der Waals surface area contributed by atoms with E-state index in [4.69, 9.17) is 21.4 Å². The van der Waals surface area contributed by atoms with E-state index >= 15 is 0 Å². The number of furan rings is 1. The Morgan fingerprint density at radius 1 is 1.56 bits per heavy atom. The Morgan fingerprint density at radius 3 is 2.94 bits per heavy atom. The van der Waals surface area contributed by atoms with Crippen LogP contribution in [0, 0.1) is 6.92 Å². The maximum absolute atomic E-state index is 12.1. The van der Waals surface area contributed by atoms with Crippen molar-refractivity contribution in [2.45, 2.75) is 6.92 Å². The maximum atomic E-state index is 12.1. The van der Waals surface area contributed by atoms with Gasteiger partial charge in [0.15, 0.2) is 0 Å². The number of hydrogen-bond donors (Lipinski definition) is 0. The summed E-state index contributed by atoms with van der Waals surface area (Å²) in [7, 11) is 1.60. The maximum Gasteiger partial charge on any atom is 0.266 e. The van der Waals surface area contributed by atoms with Crippen molar-refractivity contribution in [2.75, 3.05) is 20.3 Å². The van der Waals surface area contributed by atoms with E-state index in [2.05, 4.69) is 0 Å². The van der Waals surface area contributed by atoms with E-state index in [-0.39, 0.29) is 5.91 Å². The van der Waals surface area contributed by atoms with Crippen molar-refractivity contribution in [2.24, 2.45) is 0 Å². The average molecular weight is 283 g/mol. The van der Waals surface area contributed by atoms with Crippen LogP contribution in [0.25, 0.3) is 6.08 Å². The highest BCUT2D eigenvalue weighted by Gasteiger charge is 2.31. The molecule has 18 heavy (non-hydrogen) atoms. The molecule has 0 spiro atoms. The van der Waals surface area contributed by atoms with Crippen LogP contribution in [0.5, 0.6) is 0 Å². The van der Waals surface area contributed by atoms with Crippen molar-refractivity contribution in [3.8, 4) is 0 Å². The Hall–Kier alpha value is -1.11. The third-order valence-corrected chi connectivity index (χ3v) is 3.80. The van der Waals surface area contributed by atoms with Gasteiger partial charge in [-0.1, -0.05) is 24.0 Å². The highest BCUT2D eigenvalue weighted by atomic mass is 32.2. The molecule has 0 unspecified atom stereocenters. The lowest BCUT2D eigenvalue weighted by Crippen LogP contribution is -2.31. The fourth-order valence-corrected chi connectivity index (χ4v) is 2.82. The first kappa shape index (κ1) is 13.3. The lowest BCUT2D eigenvalue weighted by atomic mass is 10.3. The highest BCUT2D eigenvalue weighted by molar-refractivity contribution is 8.26. The summed E-state index contributed by atoms with van der Waals surface area (Å²) in [6.07, 6.45) is 1.72. The molecule has 96 valence electrons. The predicted octanol–water partition coefficient (Wildman–Crippen LogP) is 2.44. The molecule has 0 atom stereocenters. The third kappa shape index (κ3) is 2.82. The van der Waals surface area contributed by atoms with Gasteiger partial charge >= 0.3 is 0 Å². The molecule has 1 aliphatic heterocycles. The molecule has 0 aromatic carbocycles. The van der Waals surface area contributed by atoms with Gasteiger partial charge in [-0.25, -0.2) is 0 Å². The van der Waals surface area contributed by atoms with Crippen LogP contribution in [0.15, 0.2) is 21.5 Å². The summed E-state index contributed by atoms with van der Waals surface area (Å²) >= 11 is 6.46. The number of hydrogen-bond acceptors (Lipinski definition) is 5. The molecule has 1 fully saturated rings. The lowest BCUT2D eigenvalue weighted by Gasteiger charge is -2.12. The molecule has 1 aromatic rings. The fraction of sp³-hybridized carbons (Fsp3) is 0.333. The summed E-state index contributed by atoms with van der Waals surface area (Å²) in [4.78, 5) is 14.2. The first-order chi connectivity index (χ1) is 8.61. The molecular weight excluding hydrogens is 270 g/mol. The SMILES string of the molecule is COCCN1C(=O)/C(=C/c2ccc(C)o2)SC1=S. The van der Waals surface area contributed by atoms with Crippen LogP contribution in [0.2, 0.25) is 0 Å². The number of thioether (sulfide) groups is 1. The Balaban J connectivity index is 2.14. The molecule has 1 saturated heterocycles. The first-order valence-corrected chi connectivity index (χ1v) is 6.65. The van der Waals surface area contributed by atoms with E-state index < -0.39 is 0 Å². The molecule has 1 amide bonds. The second kappa shape index (κ2) is 5.69. The molecule has 1 aromatic heterocycles. The molecule has 6 heteroatoms. The Kier molecular flexibility index (Phi) is 4.21. The number of methoxy groups -OCH3 is 1. The Morgan fingerprint density at radius 2 is 2.33 bits per heavy atom. The van der Waals surface area contributed by atoms with Crippen LogP contribution in [0.4, 0.5) is 0 Å². The topological polar surface area (TPSA) is 42.7 Å². The van der Waals surface area contributed by atoms with E-state index in [1.54, 1.807) is 18.1 Å². The van der Waals surface area contributed by atoms with Gasteiger partial charge in [-0.3, -0.25) is 9.69 Å². The number of amides is 1. The number of nitrogens with zero attached hydrogens (tertiary/aromatic N) is 1. The molecule has 0 aliphatic carbocycles. The Labute approximate surface area is 115 Å². The van der Waals surface area contributed by atoms with Crippen LogP contribution >= 0.6 is 24.0 Å². The summed E-state index contributed by atoms with van der Waals surface area (Å²) in [5.74, 6) is 1.40. The number of carbonyl (C=O) groups is 1. The zero-order chi connectivity index (χ0) is 13.1. The van der Waals surface area contributed by atoms with Crippen molar-refractivity contribution >= 4 is 40.3 Å². The van der Waals surface area contributed by atoms with Crippen molar-refractivity contribution < 1.29 is 13.9 Å². The summed E-state index contributed by atoms with van der Waals surface area (Å²) in [5, 5.41) is 0. The molecule has 4 nitrogen and oxygen atoms in total. The van der Waals surface area contributed by atoms with Gasteiger partial charge in [0.1, 0.15) is 15.8 Å². The molecule has 0 saturated carbocycles. The molecule has 0 bridgehead atoms. The molecule has 2 rings (SSSR count). The van der Waals surface area contributed by atoms with Crippen molar-refractivity contribution in [1.82, 2.24) is 4.90 Å². The Bertz CT molecular complexity index is 507. The normalized spacial score (nSPS) is 18.1. The van der Waals surface area contributed by atoms with Crippen molar-refractivity contribution in [3.63, 3.8) is 0 Å². The van der Waals surface area contributed by atoms with E-state index in [0.29, 0.717) is 28.1 Å². The van der Waals surface area contributed by atoms with Gasteiger partial charge in [-0.15, -0.1) is 0 Å². The number of aryl methyl sites for hydroxylation is 1. The highest BCUT2D eigenvalue weighted by Crippen LogP contribution is 2.32. The number of thiocarbonyl (C=S) groups is 1. The van der Waals surface area contributed by atoms with Crippen LogP contribution < -0.4 is 0 Å². The summed E-state index contributed by atoms with van der Waals surface area (Å²) in [5.41, 5.74) is 0. The average Bonchev–Trinajstić information content (AvgIpc) is 2.84. The largest absolute Gasteiger partial charge is 0.462 e. The van der Waals surface area contributed by atoms with Crippen LogP contribution in [-0.2, 0) is 9.53 Å². The molecule has 2 heterocycles. The third-order valence-electron chi connectivity index (χ3n) is 2.43. The fourth-order valence-electron chi connectivity index (χ4n) is 1.54. The van der Waals surface area contributed by atoms with E-state index in [1.807, 2.05) is 19.1 Å². The summed E-state index contributed by atoms with van der Waals surface area (Å²) in [6, 6.07) is 3.69. The van der Waals surface area contributed by atoms with Gasteiger partial charge < -0.3 is 9.15 Å². The molecular formula is C12H13NO3S2. The van der Waals surface area contributed by atoms with Gasteiger partial charge in [0.25, 0.3) is 5.91 Å². The van der Waals surface area contributed by atoms with E-state index in [1.165, 1.54) is 11.8 Å². The monoisotopic (exact) mass is 283 g/mol. The zero-order valence-electron chi connectivity index (χ0n) is 10.1. The van der Waals surface area contributed by atoms with Crippen molar-refractivity contribution in [3.05, 3.63) is 28.6 Å². The van der Waals surface area contributed by atoms with Crippen molar-refractivity contribution in [1.29, 1.82) is 0 Å². The van der Waals surface area contributed by atoms with E-state index in [9.17, 15) is 4.79 Å². The minimum absolute atomic E-state index is 0.0869. The quantitative estimate of drug-likeness (QED) is 0.627. The van der Waals surface area contributed by atoms with Gasteiger partial charge in [0.05, 0.1) is 18.1 Å². The number of rotatable bonds is 4. The number of ether oxygens (including phenoxy) is 1. The van der Waals surface area contributed by atoms with Gasteiger partial charge in [0.2, 0.25) is 0 Å². The van der Waals surface area contributed by atoms with Gasteiger partial charge in [0, 0.05) is 13.2 Å². The smallest absolute Gasteiger partial charge is 0.266 e. The van der Waals surface area contributed by atoms with Crippen LogP contribution in [0.1, 0.15) is 11.5 Å². The minimum Gasteiger partial charge on any atom is -0.462 e. The summed E-state index contributed by atoms with van der Waals surface area (Å²) < 4.78 is 10.9. The minimum atomic E-state index is -0.0869. The lowest BCUT2D eigenvalue weighted by molar-refractivity contribution is -0.122. The standard InChI is InChI=1S/C12H13NO3S2/c1-8-3-4-9(16-8)7-10-11(14)13(5-6-15-2)12(17)18-10/h3-4,7H,5-6H2,1-2H3/b10-7-. The van der Waals surface area contributed by atoms with Gasteiger partial charge in [-0.05, 0) is 19.1 Å². The molecule has 0 radical (unpaired) electrons. The summed E-state index contributed by atoms with van der Waals surface area (Å²) in [6.45, 7) is 2.82. The van der Waals surface area contributed by atoms with Gasteiger partial charge in [-0.2, -0.15) is 0 Å². The van der Waals surface area contributed by atoms with E-state index in [0.717, 1.165) is 5.76 Å². The predicted molar refractivity (Wildman–Crippen MR) is 75.2 cm³/mol. The van der Waals surface area contributed by atoms with Crippen LogP contribution in [0.3, 0.4) is 0 Å². The molecule has 0 N–H and O–H groups in total. The second-order valence-electron chi connectivity index (χ2n) is 3.77.